The summed E-state index contributed by atoms with van der Waals surface area (Å²) in [6, 6.07) is 0.567. The first-order chi connectivity index (χ1) is 7.68. The van der Waals surface area contributed by atoms with E-state index in [0.717, 1.165) is 26.2 Å². The molecule has 2 heterocycles. The third-order valence-corrected chi connectivity index (χ3v) is 3.71. The van der Waals surface area contributed by atoms with Gasteiger partial charge in [0.15, 0.2) is 5.01 Å². The molecule has 0 aliphatic carbocycles. The predicted molar refractivity (Wildman–Crippen MR) is 64.7 cm³/mol. The number of aromatic nitrogens is 1. The van der Waals surface area contributed by atoms with Crippen LogP contribution in [0.2, 0.25) is 0 Å². The summed E-state index contributed by atoms with van der Waals surface area (Å²) < 4.78 is 0. The summed E-state index contributed by atoms with van der Waals surface area (Å²) in [6.45, 7) is 7.95. The quantitative estimate of drug-likeness (QED) is 0.781. The topological polar surface area (TPSA) is 36.4 Å². The largest absolute Gasteiger partial charge is 0.334 e. The lowest BCUT2D eigenvalue weighted by Crippen LogP contribution is -2.50. The molecular formula is C11H17N3OS. The minimum Gasteiger partial charge on any atom is -0.334 e. The smallest absolute Gasteiger partial charge is 0.282 e. The minimum atomic E-state index is 0.0819. The van der Waals surface area contributed by atoms with Gasteiger partial charge in [0.05, 0.1) is 0 Å². The van der Waals surface area contributed by atoms with Crippen LogP contribution < -0.4 is 0 Å². The molecule has 16 heavy (non-hydrogen) atoms. The Balaban J connectivity index is 1.92. The van der Waals surface area contributed by atoms with Crippen LogP contribution in [0.1, 0.15) is 23.6 Å². The highest BCUT2D eigenvalue weighted by atomic mass is 32.1. The first kappa shape index (κ1) is 11.5. The third kappa shape index (κ3) is 2.41. The first-order valence-corrected chi connectivity index (χ1v) is 6.49. The molecule has 88 valence electrons. The van der Waals surface area contributed by atoms with E-state index in [1.165, 1.54) is 11.3 Å². The second-order valence-electron chi connectivity index (χ2n) is 4.26. The fourth-order valence-electron chi connectivity index (χ4n) is 1.91. The molecule has 0 atom stereocenters. The Morgan fingerprint density at radius 1 is 1.38 bits per heavy atom. The predicted octanol–water partition coefficient (Wildman–Crippen LogP) is 1.31. The van der Waals surface area contributed by atoms with Gasteiger partial charge in [-0.1, -0.05) is 0 Å². The Bertz CT molecular complexity index is 342. The van der Waals surface area contributed by atoms with Crippen molar-refractivity contribution in [1.29, 1.82) is 0 Å². The zero-order valence-electron chi connectivity index (χ0n) is 9.72. The molecular weight excluding hydrogens is 222 g/mol. The molecule has 0 N–H and O–H groups in total. The maximum absolute atomic E-state index is 12.0. The summed E-state index contributed by atoms with van der Waals surface area (Å²) in [5, 5.41) is 2.45. The van der Waals surface area contributed by atoms with Gasteiger partial charge in [-0.3, -0.25) is 9.69 Å². The van der Waals surface area contributed by atoms with E-state index < -0.39 is 0 Å². The number of nitrogens with zero attached hydrogens (tertiary/aromatic N) is 3. The van der Waals surface area contributed by atoms with E-state index in [1.807, 2.05) is 10.3 Å². The monoisotopic (exact) mass is 239 g/mol. The van der Waals surface area contributed by atoms with E-state index in [0.29, 0.717) is 11.0 Å². The lowest BCUT2D eigenvalue weighted by atomic mass is 10.2. The van der Waals surface area contributed by atoms with Crippen LogP contribution in [0, 0.1) is 0 Å². The number of amides is 1. The SMILES string of the molecule is CC(C)N1CCN(C(=O)c2nccs2)CC1. The van der Waals surface area contributed by atoms with E-state index in [9.17, 15) is 4.79 Å². The molecule has 1 aromatic heterocycles. The standard InChI is InChI=1S/C11H17N3OS/c1-9(2)13-4-6-14(7-5-13)11(15)10-12-3-8-16-10/h3,8-9H,4-7H2,1-2H3. The van der Waals surface area contributed by atoms with Crippen molar-refractivity contribution in [2.45, 2.75) is 19.9 Å². The van der Waals surface area contributed by atoms with Crippen molar-refractivity contribution < 1.29 is 4.79 Å². The molecule has 0 aromatic carbocycles. The third-order valence-electron chi connectivity index (χ3n) is 2.95. The maximum atomic E-state index is 12.0. The minimum absolute atomic E-state index is 0.0819. The number of carbonyl (C=O) groups excluding carboxylic acids is 1. The number of hydrogen-bond acceptors (Lipinski definition) is 4. The molecule has 4 nitrogen and oxygen atoms in total. The Hall–Kier alpha value is -0.940. The van der Waals surface area contributed by atoms with Gasteiger partial charge in [0.1, 0.15) is 0 Å². The average Bonchev–Trinajstić information content (AvgIpc) is 2.81. The molecule has 1 fully saturated rings. The fraction of sp³-hybridized carbons (Fsp3) is 0.636. The maximum Gasteiger partial charge on any atom is 0.282 e. The summed E-state index contributed by atoms with van der Waals surface area (Å²) in [4.78, 5) is 20.3. The van der Waals surface area contributed by atoms with Crippen molar-refractivity contribution in [2.24, 2.45) is 0 Å². The van der Waals surface area contributed by atoms with Crippen LogP contribution in [0.5, 0.6) is 0 Å². The molecule has 5 heteroatoms. The molecule has 0 saturated carbocycles. The van der Waals surface area contributed by atoms with Crippen LogP contribution in [0.15, 0.2) is 11.6 Å². The van der Waals surface area contributed by atoms with E-state index in [2.05, 4.69) is 23.7 Å². The van der Waals surface area contributed by atoms with Crippen molar-refractivity contribution in [3.63, 3.8) is 0 Å². The number of hydrogen-bond donors (Lipinski definition) is 0. The van der Waals surface area contributed by atoms with Gasteiger partial charge < -0.3 is 4.90 Å². The summed E-state index contributed by atoms with van der Waals surface area (Å²) in [6.07, 6.45) is 1.68. The normalized spacial score (nSPS) is 18.1. The van der Waals surface area contributed by atoms with Gasteiger partial charge >= 0.3 is 0 Å². The van der Waals surface area contributed by atoms with Gasteiger partial charge in [0.25, 0.3) is 5.91 Å². The van der Waals surface area contributed by atoms with Gasteiger partial charge in [-0.2, -0.15) is 0 Å². The summed E-state index contributed by atoms with van der Waals surface area (Å²) >= 11 is 1.42. The van der Waals surface area contributed by atoms with Gasteiger partial charge in [-0.25, -0.2) is 4.98 Å². The summed E-state index contributed by atoms with van der Waals surface area (Å²) in [7, 11) is 0. The summed E-state index contributed by atoms with van der Waals surface area (Å²) in [5.74, 6) is 0.0819. The molecule has 1 aliphatic rings. The fourth-order valence-corrected chi connectivity index (χ4v) is 2.51. The van der Waals surface area contributed by atoms with Gasteiger partial charge in [-0.05, 0) is 13.8 Å². The molecule has 0 spiro atoms. The van der Waals surface area contributed by atoms with Crippen LogP contribution in [0.3, 0.4) is 0 Å². The number of piperazine rings is 1. The first-order valence-electron chi connectivity index (χ1n) is 5.61. The molecule has 1 aliphatic heterocycles. The second-order valence-corrected chi connectivity index (χ2v) is 5.15. The number of carbonyl (C=O) groups is 1. The second kappa shape index (κ2) is 4.93. The van der Waals surface area contributed by atoms with Gasteiger partial charge in [-0.15, -0.1) is 11.3 Å². The van der Waals surface area contributed by atoms with Crippen LogP contribution in [-0.2, 0) is 0 Å². The van der Waals surface area contributed by atoms with Crippen LogP contribution in [0.25, 0.3) is 0 Å². The Kier molecular flexibility index (Phi) is 3.56. The Labute approximate surface area is 99.9 Å². The number of thiazole rings is 1. The molecule has 1 aromatic rings. The van der Waals surface area contributed by atoms with Crippen molar-refractivity contribution in [1.82, 2.24) is 14.8 Å². The Morgan fingerprint density at radius 2 is 2.06 bits per heavy atom. The highest BCUT2D eigenvalue weighted by molar-refractivity contribution is 7.11. The number of rotatable bonds is 2. The molecule has 1 amide bonds. The highest BCUT2D eigenvalue weighted by Gasteiger charge is 2.24. The van der Waals surface area contributed by atoms with Gasteiger partial charge in [0, 0.05) is 43.8 Å². The van der Waals surface area contributed by atoms with Crippen LogP contribution >= 0.6 is 11.3 Å². The van der Waals surface area contributed by atoms with Crippen molar-refractivity contribution in [2.75, 3.05) is 26.2 Å². The van der Waals surface area contributed by atoms with E-state index >= 15 is 0 Å². The van der Waals surface area contributed by atoms with E-state index in [-0.39, 0.29) is 5.91 Å². The average molecular weight is 239 g/mol. The molecule has 0 bridgehead atoms. The Morgan fingerprint density at radius 3 is 2.56 bits per heavy atom. The molecule has 0 radical (unpaired) electrons. The lowest BCUT2D eigenvalue weighted by Gasteiger charge is -2.36. The zero-order valence-corrected chi connectivity index (χ0v) is 10.5. The van der Waals surface area contributed by atoms with Gasteiger partial charge in [0.2, 0.25) is 0 Å². The van der Waals surface area contributed by atoms with E-state index in [4.69, 9.17) is 0 Å². The van der Waals surface area contributed by atoms with Crippen molar-refractivity contribution in [3.05, 3.63) is 16.6 Å². The lowest BCUT2D eigenvalue weighted by molar-refractivity contribution is 0.0595. The van der Waals surface area contributed by atoms with Crippen molar-refractivity contribution >= 4 is 17.2 Å². The molecule has 1 saturated heterocycles. The van der Waals surface area contributed by atoms with Crippen LogP contribution in [0.4, 0.5) is 0 Å². The van der Waals surface area contributed by atoms with Crippen LogP contribution in [-0.4, -0.2) is 52.9 Å². The summed E-state index contributed by atoms with van der Waals surface area (Å²) in [5.41, 5.74) is 0. The van der Waals surface area contributed by atoms with Crippen molar-refractivity contribution in [3.8, 4) is 0 Å². The zero-order chi connectivity index (χ0) is 11.5. The highest BCUT2D eigenvalue weighted by Crippen LogP contribution is 2.12. The molecule has 0 unspecified atom stereocenters. The molecule has 2 rings (SSSR count). The van der Waals surface area contributed by atoms with E-state index in [1.54, 1.807) is 6.20 Å².